The fourth-order valence-electron chi connectivity index (χ4n) is 1.70. The van der Waals surface area contributed by atoms with E-state index < -0.39 is 0 Å². The molecule has 2 aromatic heterocycles. The van der Waals surface area contributed by atoms with E-state index in [2.05, 4.69) is 29.8 Å². The van der Waals surface area contributed by atoms with E-state index in [9.17, 15) is 5.11 Å². The molecule has 0 bridgehead atoms. The van der Waals surface area contributed by atoms with Gasteiger partial charge in [0.2, 0.25) is 0 Å². The Morgan fingerprint density at radius 2 is 2.00 bits per heavy atom. The van der Waals surface area contributed by atoms with Gasteiger partial charge in [-0.25, -0.2) is 0 Å². The van der Waals surface area contributed by atoms with Crippen LogP contribution in [0.4, 0.5) is 0 Å². The van der Waals surface area contributed by atoms with Gasteiger partial charge in [-0.3, -0.25) is 0 Å². The Bertz CT molecular complexity index is 411. The molecule has 2 N–H and O–H groups in total. The zero-order valence-corrected chi connectivity index (χ0v) is 11.4. The Kier molecular flexibility index (Phi) is 4.74. The fraction of sp³-hybridized carbons (Fsp3) is 0.385. The number of nitrogens with one attached hydrogen (secondary N) is 1. The van der Waals surface area contributed by atoms with Crippen LogP contribution < -0.4 is 5.32 Å². The van der Waals surface area contributed by atoms with E-state index in [0.717, 1.165) is 17.8 Å². The number of hydrogen-bond acceptors (Lipinski definition) is 4. The lowest BCUT2D eigenvalue weighted by atomic mass is 10.1. The average molecular weight is 267 g/mol. The minimum absolute atomic E-state index is 0.314. The van der Waals surface area contributed by atoms with Gasteiger partial charge in [0.05, 0.1) is 6.10 Å². The predicted octanol–water partition coefficient (Wildman–Crippen LogP) is 3.41. The van der Waals surface area contributed by atoms with Gasteiger partial charge >= 0.3 is 0 Å². The van der Waals surface area contributed by atoms with Crippen molar-refractivity contribution in [3.05, 3.63) is 44.8 Å². The lowest BCUT2D eigenvalue weighted by Gasteiger charge is -2.16. The first-order valence-electron chi connectivity index (χ1n) is 5.73. The van der Waals surface area contributed by atoms with Gasteiger partial charge in [0.25, 0.3) is 0 Å². The molecule has 0 aliphatic rings. The highest BCUT2D eigenvalue weighted by Crippen LogP contribution is 2.23. The van der Waals surface area contributed by atoms with E-state index in [0.29, 0.717) is 6.04 Å². The lowest BCUT2D eigenvalue weighted by molar-refractivity contribution is 0.157. The molecule has 0 saturated heterocycles. The molecule has 17 heavy (non-hydrogen) atoms. The molecule has 0 unspecified atom stereocenters. The highest BCUT2D eigenvalue weighted by molar-refractivity contribution is 7.10. The highest BCUT2D eigenvalue weighted by Gasteiger charge is 2.12. The molecule has 0 fully saturated rings. The van der Waals surface area contributed by atoms with Crippen LogP contribution in [0.5, 0.6) is 0 Å². The summed E-state index contributed by atoms with van der Waals surface area (Å²) in [4.78, 5) is 2.39. The van der Waals surface area contributed by atoms with Gasteiger partial charge in [-0.05, 0) is 36.2 Å². The van der Waals surface area contributed by atoms with Crippen molar-refractivity contribution in [2.75, 3.05) is 0 Å². The molecule has 92 valence electrons. The van der Waals surface area contributed by atoms with Gasteiger partial charge in [-0.1, -0.05) is 12.1 Å². The van der Waals surface area contributed by atoms with E-state index >= 15 is 0 Å². The number of rotatable bonds is 6. The van der Waals surface area contributed by atoms with Crippen molar-refractivity contribution in [3.63, 3.8) is 0 Å². The second-order valence-corrected chi connectivity index (χ2v) is 6.14. The van der Waals surface area contributed by atoms with Crippen LogP contribution in [-0.4, -0.2) is 11.1 Å². The van der Waals surface area contributed by atoms with Gasteiger partial charge in [-0.2, -0.15) is 0 Å². The zero-order valence-electron chi connectivity index (χ0n) is 9.80. The van der Waals surface area contributed by atoms with Crippen molar-refractivity contribution in [1.29, 1.82) is 0 Å². The smallest absolute Gasteiger partial charge is 0.0896 e. The molecule has 2 atom stereocenters. The Labute approximate surface area is 110 Å². The molecule has 0 aromatic carbocycles. The van der Waals surface area contributed by atoms with Crippen molar-refractivity contribution >= 4 is 22.7 Å². The third kappa shape index (κ3) is 3.92. The maximum atomic E-state index is 10.0. The van der Waals surface area contributed by atoms with E-state index in [1.165, 1.54) is 4.88 Å². The summed E-state index contributed by atoms with van der Waals surface area (Å²) in [5, 5.41) is 17.5. The molecule has 0 aliphatic heterocycles. The first kappa shape index (κ1) is 12.8. The van der Waals surface area contributed by atoms with Crippen molar-refractivity contribution in [1.82, 2.24) is 5.32 Å². The van der Waals surface area contributed by atoms with E-state index in [4.69, 9.17) is 0 Å². The number of aliphatic hydroxyl groups excluding tert-OH is 1. The molecule has 0 saturated carbocycles. The van der Waals surface area contributed by atoms with Crippen LogP contribution in [0.2, 0.25) is 0 Å². The summed E-state index contributed by atoms with van der Waals surface area (Å²) >= 11 is 3.37. The molecule has 0 amide bonds. The normalized spacial score (nSPS) is 14.7. The predicted molar refractivity (Wildman–Crippen MR) is 74.5 cm³/mol. The van der Waals surface area contributed by atoms with E-state index in [-0.39, 0.29) is 6.10 Å². The van der Waals surface area contributed by atoms with Gasteiger partial charge < -0.3 is 10.4 Å². The summed E-state index contributed by atoms with van der Waals surface area (Å²) in [6.07, 6.45) is 0.409. The summed E-state index contributed by atoms with van der Waals surface area (Å²) < 4.78 is 0. The Hall–Kier alpha value is -0.680. The maximum absolute atomic E-state index is 10.0. The van der Waals surface area contributed by atoms with Crippen molar-refractivity contribution in [2.24, 2.45) is 0 Å². The average Bonchev–Trinajstić information content (AvgIpc) is 2.99. The molecule has 2 rings (SSSR count). The standard InChI is InChI=1S/C13H17NOS2/c1-10(14-9-11-4-2-6-16-11)8-12(15)13-5-3-7-17-13/h2-7,10,12,14-15H,8-9H2,1H3/t10-,12-/m1/s1. The third-order valence-corrected chi connectivity index (χ3v) is 4.50. The van der Waals surface area contributed by atoms with Crippen LogP contribution in [-0.2, 0) is 6.54 Å². The van der Waals surface area contributed by atoms with Gasteiger partial charge in [0.1, 0.15) is 0 Å². The summed E-state index contributed by atoms with van der Waals surface area (Å²) in [5.41, 5.74) is 0. The minimum Gasteiger partial charge on any atom is -0.388 e. The SMILES string of the molecule is C[C@H](C[C@@H](O)c1cccs1)NCc1cccs1. The number of aliphatic hydroxyl groups is 1. The molecule has 2 aromatic rings. The Balaban J connectivity index is 1.75. The second-order valence-electron chi connectivity index (χ2n) is 4.13. The largest absolute Gasteiger partial charge is 0.388 e. The van der Waals surface area contributed by atoms with Gasteiger partial charge in [0, 0.05) is 22.3 Å². The van der Waals surface area contributed by atoms with Crippen molar-refractivity contribution in [2.45, 2.75) is 32.0 Å². The summed E-state index contributed by atoms with van der Waals surface area (Å²) in [5.74, 6) is 0. The Morgan fingerprint density at radius 1 is 1.24 bits per heavy atom. The van der Waals surface area contributed by atoms with Crippen LogP contribution in [0.15, 0.2) is 35.0 Å². The molecule has 4 heteroatoms. The second kappa shape index (κ2) is 6.31. The summed E-state index contributed by atoms with van der Waals surface area (Å²) in [6.45, 7) is 3.00. The molecule has 2 heterocycles. The monoisotopic (exact) mass is 267 g/mol. The van der Waals surface area contributed by atoms with Crippen LogP contribution in [0.1, 0.15) is 29.2 Å². The summed E-state index contributed by atoms with van der Waals surface area (Å²) in [7, 11) is 0. The van der Waals surface area contributed by atoms with E-state index in [1.54, 1.807) is 22.7 Å². The molecular formula is C13H17NOS2. The maximum Gasteiger partial charge on any atom is 0.0896 e. The molecule has 0 aliphatic carbocycles. The zero-order chi connectivity index (χ0) is 12.1. The van der Waals surface area contributed by atoms with Crippen LogP contribution in [0, 0.1) is 0 Å². The molecule has 2 nitrogen and oxygen atoms in total. The summed E-state index contributed by atoms with van der Waals surface area (Å²) in [6, 6.07) is 8.47. The highest BCUT2D eigenvalue weighted by atomic mass is 32.1. The first-order chi connectivity index (χ1) is 8.25. The molecule has 0 spiro atoms. The van der Waals surface area contributed by atoms with Crippen LogP contribution >= 0.6 is 22.7 Å². The fourth-order valence-corrected chi connectivity index (χ4v) is 3.08. The van der Waals surface area contributed by atoms with Gasteiger partial charge in [0.15, 0.2) is 0 Å². The third-order valence-electron chi connectivity index (χ3n) is 2.65. The van der Waals surface area contributed by atoms with Gasteiger partial charge in [-0.15, -0.1) is 22.7 Å². The first-order valence-corrected chi connectivity index (χ1v) is 7.49. The lowest BCUT2D eigenvalue weighted by Crippen LogP contribution is -2.26. The topological polar surface area (TPSA) is 32.3 Å². The van der Waals surface area contributed by atoms with Crippen LogP contribution in [0.25, 0.3) is 0 Å². The van der Waals surface area contributed by atoms with Crippen molar-refractivity contribution < 1.29 is 5.11 Å². The van der Waals surface area contributed by atoms with Crippen molar-refractivity contribution in [3.8, 4) is 0 Å². The molecule has 0 radical (unpaired) electrons. The Morgan fingerprint density at radius 3 is 2.65 bits per heavy atom. The number of thiophene rings is 2. The quantitative estimate of drug-likeness (QED) is 0.840. The van der Waals surface area contributed by atoms with Crippen LogP contribution in [0.3, 0.4) is 0 Å². The van der Waals surface area contributed by atoms with E-state index in [1.807, 2.05) is 17.5 Å². The minimum atomic E-state index is -0.346. The molecular weight excluding hydrogens is 250 g/mol. The number of hydrogen-bond donors (Lipinski definition) is 2.